The van der Waals surface area contributed by atoms with Crippen LogP contribution in [0.1, 0.15) is 52.3 Å². The lowest BCUT2D eigenvalue weighted by atomic mass is 10.0. The molecule has 0 aliphatic rings. The zero-order valence-electron chi connectivity index (χ0n) is 15.5. The third-order valence-electron chi connectivity index (χ3n) is 3.34. The summed E-state index contributed by atoms with van der Waals surface area (Å²) in [6.07, 6.45) is 0.973. The van der Waals surface area contributed by atoms with Gasteiger partial charge in [-0.2, -0.15) is 0 Å². The van der Waals surface area contributed by atoms with Gasteiger partial charge in [0.2, 0.25) is 0 Å². The maximum absolute atomic E-state index is 5.64. The Morgan fingerprint density at radius 2 is 1.27 bits per heavy atom. The van der Waals surface area contributed by atoms with E-state index >= 15 is 0 Å². The summed E-state index contributed by atoms with van der Waals surface area (Å²) in [7, 11) is 0. The maximum Gasteiger partial charge on any atom is 0.0614 e. The van der Waals surface area contributed by atoms with Crippen LogP contribution in [0.4, 0.5) is 5.69 Å². The minimum atomic E-state index is 0. The molecule has 0 fully saturated rings. The largest absolute Gasteiger partial charge is 0.399 e. The summed E-state index contributed by atoms with van der Waals surface area (Å²) in [6.45, 7) is 9.80. The topological polar surface area (TPSA) is 61.3 Å². The Morgan fingerprint density at radius 3 is 1.69 bits per heavy atom. The lowest BCUT2D eigenvalue weighted by Crippen LogP contribution is -2.22. The average molecular weight is 361 g/mol. The third kappa shape index (κ3) is 12.5. The Hall–Kier alpha value is -1.84. The Labute approximate surface area is 161 Å². The van der Waals surface area contributed by atoms with Crippen LogP contribution < -0.4 is 11.5 Å². The van der Waals surface area contributed by atoms with E-state index in [2.05, 4.69) is 57.2 Å². The molecule has 0 radical (unpaired) electrons. The molecule has 2 aromatic carbocycles. The Balaban J connectivity index is 0. The van der Waals surface area contributed by atoms with Crippen LogP contribution in [0.5, 0.6) is 0 Å². The van der Waals surface area contributed by atoms with Crippen molar-refractivity contribution >= 4 is 5.69 Å². The SMILES string of the molecule is C.C.CC(C)COCC(C)N.Cc1ccc(Cc2ccc(N)cc2)cc1. The van der Waals surface area contributed by atoms with Crippen molar-refractivity contribution in [2.24, 2.45) is 11.7 Å². The van der Waals surface area contributed by atoms with Crippen molar-refractivity contribution in [2.75, 3.05) is 18.9 Å². The van der Waals surface area contributed by atoms with Crippen LogP contribution in [0.25, 0.3) is 0 Å². The van der Waals surface area contributed by atoms with Gasteiger partial charge in [0.25, 0.3) is 0 Å². The molecule has 2 rings (SSSR count). The summed E-state index contributed by atoms with van der Waals surface area (Å²) in [4.78, 5) is 0. The monoisotopic (exact) mass is 360 g/mol. The molecule has 0 saturated heterocycles. The average Bonchev–Trinajstić information content (AvgIpc) is 2.52. The van der Waals surface area contributed by atoms with E-state index in [1.165, 1.54) is 16.7 Å². The van der Waals surface area contributed by atoms with Crippen LogP contribution in [0.2, 0.25) is 0 Å². The lowest BCUT2D eigenvalue weighted by molar-refractivity contribution is 0.101. The molecular weight excluding hydrogens is 320 g/mol. The van der Waals surface area contributed by atoms with Crippen LogP contribution in [0.3, 0.4) is 0 Å². The maximum atomic E-state index is 5.64. The molecule has 1 atom stereocenters. The molecule has 0 bridgehead atoms. The predicted molar refractivity (Wildman–Crippen MR) is 118 cm³/mol. The fourth-order valence-corrected chi connectivity index (χ4v) is 2.07. The van der Waals surface area contributed by atoms with E-state index < -0.39 is 0 Å². The Morgan fingerprint density at radius 1 is 0.808 bits per heavy atom. The van der Waals surface area contributed by atoms with E-state index in [0.29, 0.717) is 12.5 Å². The second kappa shape index (κ2) is 14.3. The molecule has 0 aromatic heterocycles. The van der Waals surface area contributed by atoms with Crippen molar-refractivity contribution in [1.29, 1.82) is 0 Å². The highest BCUT2D eigenvalue weighted by Crippen LogP contribution is 2.12. The second-order valence-electron chi connectivity index (χ2n) is 6.81. The van der Waals surface area contributed by atoms with Gasteiger partial charge in [-0.3, -0.25) is 0 Å². The number of benzene rings is 2. The van der Waals surface area contributed by atoms with Crippen molar-refractivity contribution in [2.45, 2.75) is 55.0 Å². The first-order valence-electron chi connectivity index (χ1n) is 8.60. The number of anilines is 1. The van der Waals surface area contributed by atoms with Crippen LogP contribution in [-0.4, -0.2) is 19.3 Å². The van der Waals surface area contributed by atoms with Gasteiger partial charge in [-0.1, -0.05) is 70.7 Å². The molecule has 3 heteroatoms. The van der Waals surface area contributed by atoms with Crippen molar-refractivity contribution < 1.29 is 4.74 Å². The normalized spacial score (nSPS) is 10.8. The highest BCUT2D eigenvalue weighted by molar-refractivity contribution is 5.40. The summed E-state index contributed by atoms with van der Waals surface area (Å²) in [5.74, 6) is 0.615. The quantitative estimate of drug-likeness (QED) is 0.674. The molecule has 0 heterocycles. The van der Waals surface area contributed by atoms with E-state index in [9.17, 15) is 0 Å². The first-order valence-corrected chi connectivity index (χ1v) is 8.60. The third-order valence-corrected chi connectivity index (χ3v) is 3.34. The lowest BCUT2D eigenvalue weighted by Gasteiger charge is -2.08. The minimum absolute atomic E-state index is 0. The minimum Gasteiger partial charge on any atom is -0.399 e. The molecule has 26 heavy (non-hydrogen) atoms. The van der Waals surface area contributed by atoms with Gasteiger partial charge in [0.1, 0.15) is 0 Å². The van der Waals surface area contributed by atoms with Gasteiger partial charge in [-0.25, -0.2) is 0 Å². The van der Waals surface area contributed by atoms with Crippen molar-refractivity contribution in [3.05, 3.63) is 65.2 Å². The van der Waals surface area contributed by atoms with Crippen molar-refractivity contribution in [3.63, 3.8) is 0 Å². The summed E-state index contributed by atoms with van der Waals surface area (Å²) in [5.41, 5.74) is 15.9. The smallest absolute Gasteiger partial charge is 0.0614 e. The van der Waals surface area contributed by atoms with E-state index in [1.807, 2.05) is 19.1 Å². The Kier molecular flexibility index (Phi) is 14.6. The molecule has 0 saturated carbocycles. The fraction of sp³-hybridized carbons (Fsp3) is 0.478. The standard InChI is InChI=1S/C14H15N.C7H17NO.2CH4/c1-11-2-4-12(5-3-11)10-13-6-8-14(15)9-7-13;1-6(2)4-9-5-7(3)8;;/h2-9H,10,15H2,1H3;6-7H,4-5,8H2,1-3H3;2*1H4. The fourth-order valence-electron chi connectivity index (χ4n) is 2.07. The van der Waals surface area contributed by atoms with Gasteiger partial charge in [0, 0.05) is 18.3 Å². The second-order valence-corrected chi connectivity index (χ2v) is 6.81. The van der Waals surface area contributed by atoms with E-state index in [1.54, 1.807) is 0 Å². The van der Waals surface area contributed by atoms with Crippen molar-refractivity contribution in [3.8, 4) is 0 Å². The van der Waals surface area contributed by atoms with E-state index in [0.717, 1.165) is 18.7 Å². The summed E-state index contributed by atoms with van der Waals surface area (Å²) in [5, 5.41) is 0. The van der Waals surface area contributed by atoms with E-state index in [4.69, 9.17) is 16.2 Å². The highest BCUT2D eigenvalue weighted by Gasteiger charge is 1.96. The van der Waals surface area contributed by atoms with Gasteiger partial charge in [0.15, 0.2) is 0 Å². The summed E-state index contributed by atoms with van der Waals surface area (Å²) < 4.78 is 5.23. The van der Waals surface area contributed by atoms with Crippen LogP contribution >= 0.6 is 0 Å². The van der Waals surface area contributed by atoms with Crippen LogP contribution in [-0.2, 0) is 11.2 Å². The first-order chi connectivity index (χ1) is 11.4. The van der Waals surface area contributed by atoms with Gasteiger partial charge >= 0.3 is 0 Å². The predicted octanol–water partition coefficient (Wildman–Crippen LogP) is 5.45. The number of hydrogen-bond donors (Lipinski definition) is 2. The number of nitrogen functional groups attached to an aromatic ring is 1. The molecular formula is C23H40N2O. The highest BCUT2D eigenvalue weighted by atomic mass is 16.5. The Bertz CT molecular complexity index is 508. The van der Waals surface area contributed by atoms with E-state index in [-0.39, 0.29) is 20.9 Å². The molecule has 148 valence electrons. The zero-order valence-corrected chi connectivity index (χ0v) is 15.5. The summed E-state index contributed by atoms with van der Waals surface area (Å²) >= 11 is 0. The first kappa shape index (κ1) is 26.4. The molecule has 1 unspecified atom stereocenters. The molecule has 0 amide bonds. The molecule has 2 aromatic rings. The van der Waals surface area contributed by atoms with Gasteiger partial charge in [-0.05, 0) is 49.4 Å². The number of rotatable bonds is 6. The van der Waals surface area contributed by atoms with Gasteiger partial charge in [-0.15, -0.1) is 0 Å². The number of nitrogens with two attached hydrogens (primary N) is 2. The molecule has 0 aliphatic carbocycles. The van der Waals surface area contributed by atoms with Crippen molar-refractivity contribution in [1.82, 2.24) is 0 Å². The molecule has 4 N–H and O–H groups in total. The molecule has 0 aliphatic heterocycles. The number of aryl methyl sites for hydroxylation is 1. The number of hydrogen-bond acceptors (Lipinski definition) is 3. The van der Waals surface area contributed by atoms with Crippen LogP contribution in [0.15, 0.2) is 48.5 Å². The van der Waals surface area contributed by atoms with Gasteiger partial charge < -0.3 is 16.2 Å². The molecule has 3 nitrogen and oxygen atoms in total. The zero-order chi connectivity index (χ0) is 17.9. The number of ether oxygens (including phenoxy) is 1. The summed E-state index contributed by atoms with van der Waals surface area (Å²) in [6, 6.07) is 16.9. The van der Waals surface area contributed by atoms with Gasteiger partial charge in [0.05, 0.1) is 6.61 Å². The van der Waals surface area contributed by atoms with Crippen LogP contribution in [0, 0.1) is 12.8 Å². The molecule has 0 spiro atoms.